The minimum absolute atomic E-state index is 0.115. The molecule has 0 atom stereocenters. The third-order valence-corrected chi connectivity index (χ3v) is 3.95. The summed E-state index contributed by atoms with van der Waals surface area (Å²) < 4.78 is 68.8. The van der Waals surface area contributed by atoms with E-state index in [0.717, 1.165) is 18.2 Å². The summed E-state index contributed by atoms with van der Waals surface area (Å²) in [6, 6.07) is 2.66. The van der Waals surface area contributed by atoms with Crippen LogP contribution in [0.15, 0.2) is 18.2 Å². The molecule has 0 bridgehead atoms. The number of nitrogens with zero attached hydrogens (tertiary/aromatic N) is 2. The van der Waals surface area contributed by atoms with Crippen LogP contribution in [0.3, 0.4) is 0 Å². The molecular weight excluding hydrogens is 345 g/mol. The number of anilines is 1. The summed E-state index contributed by atoms with van der Waals surface area (Å²) in [6.45, 7) is 0.940. The van der Waals surface area contributed by atoms with E-state index in [0.29, 0.717) is 0 Å². The van der Waals surface area contributed by atoms with Gasteiger partial charge in [-0.25, -0.2) is 0 Å². The van der Waals surface area contributed by atoms with Crippen LogP contribution in [-0.2, 0) is 14.9 Å². The van der Waals surface area contributed by atoms with E-state index in [1.807, 2.05) is 0 Å². The highest BCUT2D eigenvalue weighted by Gasteiger charge is 2.49. The van der Waals surface area contributed by atoms with E-state index in [1.54, 1.807) is 0 Å². The van der Waals surface area contributed by atoms with Crippen LogP contribution in [0.2, 0.25) is 0 Å². The summed E-state index contributed by atoms with van der Waals surface area (Å²) in [5, 5.41) is 10.8. The van der Waals surface area contributed by atoms with E-state index in [9.17, 15) is 31.7 Å². The van der Waals surface area contributed by atoms with Gasteiger partial charge in [0.25, 0.3) is 5.69 Å². The minimum atomic E-state index is -5.87. The van der Waals surface area contributed by atoms with Crippen molar-refractivity contribution in [2.24, 2.45) is 0 Å². The van der Waals surface area contributed by atoms with Crippen molar-refractivity contribution in [2.45, 2.75) is 5.51 Å². The summed E-state index contributed by atoms with van der Waals surface area (Å²) in [5.41, 5.74) is -6.12. The molecule has 1 aliphatic heterocycles. The summed E-state index contributed by atoms with van der Waals surface area (Å²) in [7, 11) is -5.87. The molecule has 0 unspecified atom stereocenters. The largest absolute Gasteiger partial charge is 0.534 e. The van der Waals surface area contributed by atoms with E-state index in [4.69, 9.17) is 4.74 Å². The molecule has 1 aromatic rings. The number of ether oxygens (including phenoxy) is 1. The van der Waals surface area contributed by atoms with Gasteiger partial charge in [-0.2, -0.15) is 21.6 Å². The molecule has 1 aromatic carbocycles. The zero-order chi connectivity index (χ0) is 17.3. The third-order valence-electron chi connectivity index (χ3n) is 2.99. The molecule has 12 heteroatoms. The molecule has 0 N–H and O–H groups in total. The van der Waals surface area contributed by atoms with Gasteiger partial charge in [-0.3, -0.25) is 10.1 Å². The van der Waals surface area contributed by atoms with Gasteiger partial charge in [0.05, 0.1) is 23.8 Å². The molecule has 1 saturated heterocycles. The lowest BCUT2D eigenvalue weighted by molar-refractivity contribution is -0.384. The summed E-state index contributed by atoms with van der Waals surface area (Å²) in [5.74, 6) is -0.630. The predicted octanol–water partition coefficient (Wildman–Crippen LogP) is 1.66. The zero-order valence-electron chi connectivity index (χ0n) is 11.4. The van der Waals surface area contributed by atoms with Gasteiger partial charge in [-0.15, -0.1) is 0 Å². The molecule has 128 valence electrons. The summed E-state index contributed by atoms with van der Waals surface area (Å²) in [6.07, 6.45) is 0. The van der Waals surface area contributed by atoms with Gasteiger partial charge < -0.3 is 13.8 Å². The van der Waals surface area contributed by atoms with Crippen LogP contribution < -0.4 is 9.08 Å². The molecule has 1 aliphatic rings. The molecule has 8 nitrogen and oxygen atoms in total. The molecule has 0 saturated carbocycles. The fourth-order valence-corrected chi connectivity index (χ4v) is 2.38. The van der Waals surface area contributed by atoms with Crippen LogP contribution >= 0.6 is 0 Å². The molecule has 1 fully saturated rings. The maximum Gasteiger partial charge on any atom is 0.534 e. The topological polar surface area (TPSA) is 99.0 Å². The average molecular weight is 356 g/mol. The fraction of sp³-hybridized carbons (Fsp3) is 0.455. The minimum Gasteiger partial charge on any atom is -0.378 e. The first kappa shape index (κ1) is 17.3. The average Bonchev–Trinajstić information content (AvgIpc) is 2.46. The molecular formula is C11H11F3N2O6S. The van der Waals surface area contributed by atoms with Gasteiger partial charge in [0.2, 0.25) is 0 Å². The van der Waals surface area contributed by atoms with Crippen LogP contribution in [0.5, 0.6) is 5.75 Å². The molecule has 23 heavy (non-hydrogen) atoms. The number of benzene rings is 1. The third kappa shape index (κ3) is 3.82. The van der Waals surface area contributed by atoms with Crippen LogP contribution in [-0.4, -0.2) is 45.2 Å². The Labute approximate surface area is 128 Å². The Balaban J connectivity index is 2.44. The highest BCUT2D eigenvalue weighted by atomic mass is 32.2. The fourth-order valence-electron chi connectivity index (χ4n) is 1.91. The Bertz CT molecular complexity index is 700. The van der Waals surface area contributed by atoms with Crippen molar-refractivity contribution in [3.8, 4) is 5.75 Å². The Morgan fingerprint density at radius 3 is 2.39 bits per heavy atom. The molecule has 0 aliphatic carbocycles. The molecule has 0 radical (unpaired) electrons. The second kappa shape index (κ2) is 6.20. The van der Waals surface area contributed by atoms with Gasteiger partial charge in [-0.05, 0) is 6.07 Å². The zero-order valence-corrected chi connectivity index (χ0v) is 12.3. The van der Waals surface area contributed by atoms with Crippen LogP contribution in [0, 0.1) is 10.1 Å². The van der Waals surface area contributed by atoms with Crippen molar-refractivity contribution in [3.05, 3.63) is 28.3 Å². The molecule has 0 aromatic heterocycles. The first-order valence-electron chi connectivity index (χ1n) is 6.24. The summed E-state index contributed by atoms with van der Waals surface area (Å²) >= 11 is 0. The lowest BCUT2D eigenvalue weighted by Crippen LogP contribution is -2.37. The number of nitro benzene ring substituents is 1. The molecule has 2 rings (SSSR count). The van der Waals surface area contributed by atoms with Gasteiger partial charge >= 0.3 is 15.6 Å². The summed E-state index contributed by atoms with van der Waals surface area (Å²) in [4.78, 5) is 11.5. The predicted molar refractivity (Wildman–Crippen MR) is 71.7 cm³/mol. The number of nitro groups is 1. The highest BCUT2D eigenvalue weighted by molar-refractivity contribution is 7.88. The Morgan fingerprint density at radius 2 is 1.87 bits per heavy atom. The van der Waals surface area contributed by atoms with Gasteiger partial charge in [0.1, 0.15) is 0 Å². The van der Waals surface area contributed by atoms with Crippen molar-refractivity contribution >= 4 is 21.5 Å². The number of hydrogen-bond donors (Lipinski definition) is 0. The number of halogens is 3. The number of rotatable bonds is 4. The lowest BCUT2D eigenvalue weighted by Gasteiger charge is -2.29. The van der Waals surface area contributed by atoms with E-state index >= 15 is 0 Å². The highest BCUT2D eigenvalue weighted by Crippen LogP contribution is 2.36. The maximum atomic E-state index is 12.4. The maximum absolute atomic E-state index is 12.4. The van der Waals surface area contributed by atoms with Crippen molar-refractivity contribution < 1.29 is 35.4 Å². The Hall–Kier alpha value is -2.08. The molecule has 1 heterocycles. The first-order valence-corrected chi connectivity index (χ1v) is 7.64. The Morgan fingerprint density at radius 1 is 1.26 bits per heavy atom. The van der Waals surface area contributed by atoms with E-state index in [1.165, 1.54) is 4.90 Å². The smallest absolute Gasteiger partial charge is 0.378 e. The number of non-ortho nitro benzene ring substituents is 1. The Kier molecular flexibility index (Phi) is 4.66. The van der Waals surface area contributed by atoms with E-state index in [-0.39, 0.29) is 32.0 Å². The van der Waals surface area contributed by atoms with Crippen LogP contribution in [0.4, 0.5) is 24.5 Å². The van der Waals surface area contributed by atoms with Gasteiger partial charge in [-0.1, -0.05) is 0 Å². The molecule has 0 amide bonds. The van der Waals surface area contributed by atoms with Crippen molar-refractivity contribution in [1.29, 1.82) is 0 Å². The number of hydrogen-bond acceptors (Lipinski definition) is 7. The van der Waals surface area contributed by atoms with Crippen LogP contribution in [0.25, 0.3) is 0 Å². The molecule has 0 spiro atoms. The van der Waals surface area contributed by atoms with Gasteiger partial charge in [0, 0.05) is 25.2 Å². The second-order valence-electron chi connectivity index (χ2n) is 4.49. The quantitative estimate of drug-likeness (QED) is 0.350. The standard InChI is InChI=1S/C11H11F3N2O6S/c12-11(13,14)23(19,20)22-10-2-1-8(16(17)18)7-9(10)15-3-5-21-6-4-15/h1-2,7H,3-6H2. The van der Waals surface area contributed by atoms with Crippen molar-refractivity contribution in [1.82, 2.24) is 0 Å². The lowest BCUT2D eigenvalue weighted by atomic mass is 10.2. The van der Waals surface area contributed by atoms with E-state index in [2.05, 4.69) is 4.18 Å². The second-order valence-corrected chi connectivity index (χ2v) is 6.03. The monoisotopic (exact) mass is 356 g/mol. The van der Waals surface area contributed by atoms with Crippen molar-refractivity contribution in [2.75, 3.05) is 31.2 Å². The SMILES string of the molecule is O=[N+]([O-])c1ccc(OS(=O)(=O)C(F)(F)F)c(N2CCOCC2)c1. The normalized spacial score (nSPS) is 16.2. The van der Waals surface area contributed by atoms with Gasteiger partial charge in [0.15, 0.2) is 5.75 Å². The van der Waals surface area contributed by atoms with Crippen molar-refractivity contribution in [3.63, 3.8) is 0 Å². The first-order chi connectivity index (χ1) is 10.6. The number of alkyl halides is 3. The number of morpholine rings is 1. The van der Waals surface area contributed by atoms with E-state index < -0.39 is 32.0 Å². The van der Waals surface area contributed by atoms with Crippen LogP contribution in [0.1, 0.15) is 0 Å².